The number of carboxylic acid groups (broad SMARTS) is 1. The minimum absolute atomic E-state index is 0.0593. The number of rotatable bonds is 3. The topological polar surface area (TPSA) is 46.5 Å². The van der Waals surface area contributed by atoms with Crippen molar-refractivity contribution in [3.63, 3.8) is 0 Å². The maximum atomic E-state index is 11.1. The van der Waals surface area contributed by atoms with Crippen LogP contribution in [-0.4, -0.2) is 19.4 Å². The third-order valence-electron chi connectivity index (χ3n) is 1.93. The molecule has 1 N–H and O–H groups in total. The van der Waals surface area contributed by atoms with Crippen LogP contribution in [0.25, 0.3) is 0 Å². The van der Waals surface area contributed by atoms with Gasteiger partial charge in [-0.2, -0.15) is 0 Å². The van der Waals surface area contributed by atoms with Gasteiger partial charge in [0.15, 0.2) is 0 Å². The number of carboxylic acids is 1. The molecule has 0 aliphatic carbocycles. The molecule has 0 radical (unpaired) electrons. The summed E-state index contributed by atoms with van der Waals surface area (Å²) in [5, 5.41) is 9.33. The van der Waals surface area contributed by atoms with Crippen molar-refractivity contribution >= 4 is 25.9 Å². The number of hydrogen-bond donors (Lipinski definition) is 1. The highest BCUT2D eigenvalue weighted by Crippen LogP contribution is 2.32. The van der Waals surface area contributed by atoms with E-state index in [0.29, 0.717) is 5.75 Å². The molecule has 16 heavy (non-hydrogen) atoms. The Balaban J connectivity index is 3.35. The minimum atomic E-state index is -1.85. The number of carbonyl (C=O) groups is 1. The van der Waals surface area contributed by atoms with Gasteiger partial charge in [-0.25, -0.2) is 4.79 Å². The molecule has 0 amide bonds. The van der Waals surface area contributed by atoms with E-state index < -0.39 is 14.3 Å². The van der Waals surface area contributed by atoms with Crippen LogP contribution in [0.15, 0.2) is 12.1 Å². The average Bonchev–Trinajstić information content (AvgIpc) is 2.08. The van der Waals surface area contributed by atoms with Crippen molar-refractivity contribution in [3.8, 4) is 5.75 Å². The van der Waals surface area contributed by atoms with Gasteiger partial charge in [-0.3, -0.25) is 0 Å². The highest BCUT2D eigenvalue weighted by molar-refractivity contribution is 6.70. The SMILES string of the molecule is Cc1ccc(Cl)c(C(=O)O)c1O[Si](C)(C)C. The summed E-state index contributed by atoms with van der Waals surface area (Å²) in [6.07, 6.45) is 0. The molecule has 1 aromatic carbocycles. The largest absolute Gasteiger partial charge is 0.544 e. The number of aromatic carboxylic acids is 1. The average molecular weight is 259 g/mol. The van der Waals surface area contributed by atoms with Crippen molar-refractivity contribution in [2.75, 3.05) is 0 Å². The summed E-state index contributed by atoms with van der Waals surface area (Å²) in [4.78, 5) is 11.1. The lowest BCUT2D eigenvalue weighted by molar-refractivity contribution is 0.0695. The molecule has 88 valence electrons. The third-order valence-corrected chi connectivity index (χ3v) is 3.06. The molecule has 0 aliphatic rings. The fourth-order valence-electron chi connectivity index (χ4n) is 1.30. The molecule has 1 aromatic rings. The van der Waals surface area contributed by atoms with Crippen LogP contribution in [0, 0.1) is 6.92 Å². The van der Waals surface area contributed by atoms with E-state index in [1.807, 2.05) is 26.6 Å². The smallest absolute Gasteiger partial charge is 0.340 e. The van der Waals surface area contributed by atoms with Crippen molar-refractivity contribution < 1.29 is 14.3 Å². The van der Waals surface area contributed by atoms with E-state index >= 15 is 0 Å². The molecule has 1 rings (SSSR count). The first-order valence-corrected chi connectivity index (χ1v) is 8.72. The highest BCUT2D eigenvalue weighted by Gasteiger charge is 2.24. The first-order valence-electron chi connectivity index (χ1n) is 4.94. The van der Waals surface area contributed by atoms with Gasteiger partial charge in [-0.05, 0) is 38.2 Å². The van der Waals surface area contributed by atoms with Gasteiger partial charge in [0.1, 0.15) is 11.3 Å². The monoisotopic (exact) mass is 258 g/mol. The molecule has 0 aromatic heterocycles. The Labute approximate surface area is 101 Å². The number of aryl methyl sites for hydroxylation is 1. The van der Waals surface area contributed by atoms with E-state index in [9.17, 15) is 4.79 Å². The molecular weight excluding hydrogens is 244 g/mol. The molecule has 0 bridgehead atoms. The van der Waals surface area contributed by atoms with E-state index in [2.05, 4.69) is 0 Å². The van der Waals surface area contributed by atoms with Crippen LogP contribution in [0.4, 0.5) is 0 Å². The van der Waals surface area contributed by atoms with Crippen LogP contribution in [0.5, 0.6) is 5.75 Å². The Hall–Kier alpha value is -1.00. The summed E-state index contributed by atoms with van der Waals surface area (Å²) in [6, 6.07) is 3.35. The molecule has 0 atom stereocenters. The lowest BCUT2D eigenvalue weighted by Crippen LogP contribution is -2.30. The number of hydrogen-bond acceptors (Lipinski definition) is 2. The normalized spacial score (nSPS) is 11.3. The van der Waals surface area contributed by atoms with Crippen LogP contribution >= 0.6 is 11.6 Å². The van der Waals surface area contributed by atoms with Gasteiger partial charge in [0.25, 0.3) is 0 Å². The zero-order valence-electron chi connectivity index (χ0n) is 9.80. The lowest BCUT2D eigenvalue weighted by atomic mass is 10.1. The summed E-state index contributed by atoms with van der Waals surface area (Å²) in [5.41, 5.74) is 0.855. The van der Waals surface area contributed by atoms with Crippen LogP contribution in [-0.2, 0) is 0 Å². The summed E-state index contributed by atoms with van der Waals surface area (Å²) in [6.45, 7) is 7.81. The van der Waals surface area contributed by atoms with Crippen molar-refractivity contribution in [1.29, 1.82) is 0 Å². The van der Waals surface area contributed by atoms with Crippen molar-refractivity contribution in [1.82, 2.24) is 0 Å². The molecule has 0 fully saturated rings. The maximum absolute atomic E-state index is 11.1. The van der Waals surface area contributed by atoms with Crippen LogP contribution in [0.2, 0.25) is 24.7 Å². The van der Waals surface area contributed by atoms with Crippen molar-refractivity contribution in [2.45, 2.75) is 26.6 Å². The predicted octanol–water partition coefficient (Wildman–Crippen LogP) is 3.56. The second kappa shape index (κ2) is 4.47. The zero-order valence-corrected chi connectivity index (χ0v) is 11.6. The summed E-state index contributed by atoms with van der Waals surface area (Å²) < 4.78 is 5.78. The molecule has 0 heterocycles. The van der Waals surface area contributed by atoms with Gasteiger partial charge < -0.3 is 9.53 Å². The van der Waals surface area contributed by atoms with Crippen LogP contribution < -0.4 is 4.43 Å². The quantitative estimate of drug-likeness (QED) is 0.844. The lowest BCUT2D eigenvalue weighted by Gasteiger charge is -2.22. The predicted molar refractivity (Wildman–Crippen MR) is 67.1 cm³/mol. The number of halogens is 1. The molecule has 0 spiro atoms. The second-order valence-electron chi connectivity index (χ2n) is 4.59. The Morgan fingerprint density at radius 2 is 1.94 bits per heavy atom. The maximum Gasteiger partial charge on any atom is 0.340 e. The Bertz CT molecular complexity index is 424. The minimum Gasteiger partial charge on any atom is -0.544 e. The fourth-order valence-corrected chi connectivity index (χ4v) is 2.40. The fraction of sp³-hybridized carbons (Fsp3) is 0.364. The molecule has 0 saturated carbocycles. The van der Waals surface area contributed by atoms with Crippen molar-refractivity contribution in [2.24, 2.45) is 0 Å². The van der Waals surface area contributed by atoms with E-state index in [0.717, 1.165) is 5.56 Å². The standard InChI is InChI=1S/C11H15ClO3Si/c1-7-5-6-8(12)9(11(13)14)10(7)15-16(2,3)4/h5-6H,1-4H3,(H,13,14). The first-order chi connectivity index (χ1) is 7.22. The van der Waals surface area contributed by atoms with E-state index in [4.69, 9.17) is 21.1 Å². The molecule has 5 heteroatoms. The van der Waals surface area contributed by atoms with Gasteiger partial charge >= 0.3 is 5.97 Å². The van der Waals surface area contributed by atoms with Crippen LogP contribution in [0.1, 0.15) is 15.9 Å². The van der Waals surface area contributed by atoms with Crippen molar-refractivity contribution in [3.05, 3.63) is 28.3 Å². The summed E-state index contributed by atoms with van der Waals surface area (Å²) in [5.74, 6) is -0.652. The first kappa shape index (κ1) is 13.1. The molecular formula is C11H15ClO3Si. The summed E-state index contributed by atoms with van der Waals surface area (Å²) >= 11 is 5.88. The third kappa shape index (κ3) is 2.99. The Morgan fingerprint density at radius 3 is 2.38 bits per heavy atom. The van der Waals surface area contributed by atoms with Gasteiger partial charge in [0, 0.05) is 0 Å². The molecule has 3 nitrogen and oxygen atoms in total. The molecule has 0 aliphatic heterocycles. The molecule has 0 saturated heterocycles. The number of benzene rings is 1. The van der Waals surface area contributed by atoms with E-state index in [1.165, 1.54) is 0 Å². The van der Waals surface area contributed by atoms with Gasteiger partial charge in [-0.1, -0.05) is 17.7 Å². The zero-order chi connectivity index (χ0) is 12.5. The molecule has 0 unspecified atom stereocenters. The van der Waals surface area contributed by atoms with E-state index in [-0.39, 0.29) is 10.6 Å². The Kier molecular flexibility index (Phi) is 3.65. The highest BCUT2D eigenvalue weighted by atomic mass is 35.5. The van der Waals surface area contributed by atoms with E-state index in [1.54, 1.807) is 12.1 Å². The second-order valence-corrected chi connectivity index (χ2v) is 9.42. The summed E-state index contributed by atoms with van der Waals surface area (Å²) in [7, 11) is -1.85. The Morgan fingerprint density at radius 1 is 1.38 bits per heavy atom. The van der Waals surface area contributed by atoms with Gasteiger partial charge in [-0.15, -0.1) is 0 Å². The van der Waals surface area contributed by atoms with Gasteiger partial charge in [0.05, 0.1) is 5.02 Å². The van der Waals surface area contributed by atoms with Crippen LogP contribution in [0.3, 0.4) is 0 Å². The van der Waals surface area contributed by atoms with Gasteiger partial charge in [0.2, 0.25) is 8.32 Å².